The number of piperidine rings is 1. The Bertz CT molecular complexity index is 591. The van der Waals surface area contributed by atoms with Gasteiger partial charge >= 0.3 is 0 Å². The fourth-order valence-electron chi connectivity index (χ4n) is 4.02. The summed E-state index contributed by atoms with van der Waals surface area (Å²) in [7, 11) is 0. The van der Waals surface area contributed by atoms with Gasteiger partial charge in [0.05, 0.1) is 6.20 Å². The normalized spacial score (nSPS) is 27.5. The van der Waals surface area contributed by atoms with Crippen LogP contribution >= 0.6 is 0 Å². The third-order valence-electron chi connectivity index (χ3n) is 5.11. The van der Waals surface area contributed by atoms with E-state index in [1.54, 1.807) is 11.0 Å². The van der Waals surface area contributed by atoms with E-state index in [9.17, 15) is 9.59 Å². The van der Waals surface area contributed by atoms with Crippen LogP contribution in [0.4, 0.5) is 0 Å². The lowest BCUT2D eigenvalue weighted by Crippen LogP contribution is -2.59. The summed E-state index contributed by atoms with van der Waals surface area (Å²) in [6.07, 6.45) is 6.94. The highest BCUT2D eigenvalue weighted by Crippen LogP contribution is 2.39. The van der Waals surface area contributed by atoms with Crippen molar-refractivity contribution >= 4 is 11.8 Å². The molecule has 1 N–H and O–H groups in total. The second-order valence-electron chi connectivity index (χ2n) is 8.13. The van der Waals surface area contributed by atoms with Gasteiger partial charge in [0, 0.05) is 18.2 Å². The molecule has 6 heteroatoms. The number of likely N-dealkylation sites (tertiary alicyclic amines) is 1. The van der Waals surface area contributed by atoms with Gasteiger partial charge < -0.3 is 14.7 Å². The van der Waals surface area contributed by atoms with E-state index in [2.05, 4.69) is 10.5 Å². The molecule has 2 heterocycles. The number of carbonyl (C=O) groups is 2. The van der Waals surface area contributed by atoms with Crippen molar-refractivity contribution in [3.8, 4) is 0 Å². The summed E-state index contributed by atoms with van der Waals surface area (Å²) >= 11 is 0. The van der Waals surface area contributed by atoms with E-state index in [1.165, 1.54) is 19.0 Å². The lowest BCUT2D eigenvalue weighted by molar-refractivity contribution is -0.130. The molecule has 1 saturated heterocycles. The molecule has 0 unspecified atom stereocenters. The number of nitrogens with one attached hydrogen (secondary N) is 1. The number of nitrogens with zero attached hydrogens (tertiary/aromatic N) is 2. The van der Waals surface area contributed by atoms with E-state index in [4.69, 9.17) is 4.52 Å². The van der Waals surface area contributed by atoms with Crippen LogP contribution in [-0.4, -0.2) is 40.0 Å². The summed E-state index contributed by atoms with van der Waals surface area (Å²) in [6, 6.07) is 1.13. The molecule has 24 heavy (non-hydrogen) atoms. The molecule has 132 valence electrons. The Balaban J connectivity index is 1.83. The third-order valence-corrected chi connectivity index (χ3v) is 5.11. The average molecular weight is 333 g/mol. The maximum atomic E-state index is 12.8. The van der Waals surface area contributed by atoms with Crippen molar-refractivity contribution in [2.24, 2.45) is 11.8 Å². The minimum absolute atomic E-state index is 0.0700. The smallest absolute Gasteiger partial charge is 0.293 e. The zero-order valence-corrected chi connectivity index (χ0v) is 14.7. The molecule has 1 aliphatic heterocycles. The van der Waals surface area contributed by atoms with Crippen molar-refractivity contribution in [1.82, 2.24) is 15.4 Å². The second kappa shape index (κ2) is 6.57. The van der Waals surface area contributed by atoms with Gasteiger partial charge in [-0.15, -0.1) is 0 Å². The summed E-state index contributed by atoms with van der Waals surface area (Å²) in [5.74, 6) is 0.931. The van der Waals surface area contributed by atoms with Crippen molar-refractivity contribution in [3.05, 3.63) is 18.0 Å². The number of fused-ring (bicyclic) bond motifs is 1. The Kier molecular flexibility index (Phi) is 4.65. The maximum Gasteiger partial charge on any atom is 0.293 e. The summed E-state index contributed by atoms with van der Waals surface area (Å²) in [6.45, 7) is 6.51. The fourth-order valence-corrected chi connectivity index (χ4v) is 4.02. The van der Waals surface area contributed by atoms with Crippen LogP contribution in [0.5, 0.6) is 0 Å². The number of hydrogen-bond donors (Lipinski definition) is 1. The molecule has 0 spiro atoms. The highest BCUT2D eigenvalue weighted by molar-refractivity contribution is 5.95. The predicted molar refractivity (Wildman–Crippen MR) is 89.3 cm³/mol. The van der Waals surface area contributed by atoms with Crippen LogP contribution in [0.15, 0.2) is 16.8 Å². The molecular formula is C18H27N3O3. The Morgan fingerprint density at radius 3 is 2.58 bits per heavy atom. The molecule has 0 radical (unpaired) electrons. The number of amides is 2. The van der Waals surface area contributed by atoms with Gasteiger partial charge in [0.2, 0.25) is 11.7 Å². The van der Waals surface area contributed by atoms with Gasteiger partial charge in [-0.25, -0.2) is 0 Å². The summed E-state index contributed by atoms with van der Waals surface area (Å²) in [4.78, 5) is 27.4. The first-order chi connectivity index (χ1) is 11.3. The van der Waals surface area contributed by atoms with Crippen LogP contribution in [-0.2, 0) is 4.79 Å². The highest BCUT2D eigenvalue weighted by atomic mass is 16.5. The first-order valence-corrected chi connectivity index (χ1v) is 8.89. The lowest BCUT2D eigenvalue weighted by atomic mass is 9.72. The number of rotatable bonds is 2. The Morgan fingerprint density at radius 2 is 1.96 bits per heavy atom. The summed E-state index contributed by atoms with van der Waals surface area (Å²) in [5, 5.41) is 6.66. The number of carbonyl (C=O) groups excluding carboxylic acids is 2. The van der Waals surface area contributed by atoms with Crippen molar-refractivity contribution in [1.29, 1.82) is 0 Å². The largest absolute Gasteiger partial charge is 0.351 e. The molecule has 2 amide bonds. The molecular weight excluding hydrogens is 306 g/mol. The van der Waals surface area contributed by atoms with E-state index in [1.807, 2.05) is 20.8 Å². The van der Waals surface area contributed by atoms with E-state index in [0.29, 0.717) is 18.4 Å². The van der Waals surface area contributed by atoms with Crippen LogP contribution in [0, 0.1) is 11.8 Å². The molecule has 2 fully saturated rings. The monoisotopic (exact) mass is 333 g/mol. The maximum absolute atomic E-state index is 12.8. The number of aromatic nitrogens is 1. The van der Waals surface area contributed by atoms with E-state index < -0.39 is 6.04 Å². The van der Waals surface area contributed by atoms with Gasteiger partial charge in [0.25, 0.3) is 5.91 Å². The van der Waals surface area contributed by atoms with Crippen molar-refractivity contribution in [2.45, 2.75) is 64.5 Å². The van der Waals surface area contributed by atoms with Gasteiger partial charge in [-0.3, -0.25) is 9.59 Å². The van der Waals surface area contributed by atoms with Crippen LogP contribution in [0.25, 0.3) is 0 Å². The van der Waals surface area contributed by atoms with Crippen LogP contribution in [0.1, 0.15) is 63.4 Å². The second-order valence-corrected chi connectivity index (χ2v) is 8.13. The highest BCUT2D eigenvalue weighted by Gasteiger charge is 2.43. The first-order valence-electron chi connectivity index (χ1n) is 8.89. The van der Waals surface area contributed by atoms with Crippen molar-refractivity contribution in [3.63, 3.8) is 0 Å². The molecule has 1 saturated carbocycles. The molecule has 1 aromatic rings. The van der Waals surface area contributed by atoms with Gasteiger partial charge in [-0.1, -0.05) is 24.4 Å². The SMILES string of the molecule is CC(C)(C)NC(=O)[C@H]1C[C@@H]2CCCC[C@@H]2CN1C(=O)c1ccno1. The summed E-state index contributed by atoms with van der Waals surface area (Å²) in [5.41, 5.74) is -0.318. The van der Waals surface area contributed by atoms with E-state index in [0.717, 1.165) is 19.3 Å². The zero-order chi connectivity index (χ0) is 17.3. The van der Waals surface area contributed by atoms with E-state index in [-0.39, 0.29) is 23.1 Å². The van der Waals surface area contributed by atoms with Gasteiger partial charge in [-0.2, -0.15) is 0 Å². The van der Waals surface area contributed by atoms with Gasteiger partial charge in [0.15, 0.2) is 0 Å². The Morgan fingerprint density at radius 1 is 1.25 bits per heavy atom. The molecule has 1 aromatic heterocycles. The quantitative estimate of drug-likeness (QED) is 0.903. The van der Waals surface area contributed by atoms with Crippen molar-refractivity contribution in [2.75, 3.05) is 6.54 Å². The first kappa shape index (κ1) is 17.0. The molecule has 3 atom stereocenters. The average Bonchev–Trinajstić information content (AvgIpc) is 3.05. The molecule has 3 rings (SSSR count). The molecule has 0 aromatic carbocycles. The topological polar surface area (TPSA) is 75.4 Å². The third kappa shape index (κ3) is 3.62. The number of hydrogen-bond acceptors (Lipinski definition) is 4. The van der Waals surface area contributed by atoms with Crippen molar-refractivity contribution < 1.29 is 14.1 Å². The van der Waals surface area contributed by atoms with Gasteiger partial charge in [0.1, 0.15) is 6.04 Å². The van der Waals surface area contributed by atoms with E-state index >= 15 is 0 Å². The lowest BCUT2D eigenvalue weighted by Gasteiger charge is -2.45. The fraction of sp³-hybridized carbons (Fsp3) is 0.722. The molecule has 1 aliphatic carbocycles. The molecule has 6 nitrogen and oxygen atoms in total. The van der Waals surface area contributed by atoms with Crippen LogP contribution in [0.3, 0.4) is 0 Å². The Hall–Kier alpha value is -1.85. The van der Waals surface area contributed by atoms with Crippen LogP contribution < -0.4 is 5.32 Å². The van der Waals surface area contributed by atoms with Gasteiger partial charge in [-0.05, 0) is 45.4 Å². The minimum atomic E-state index is -0.429. The predicted octanol–water partition coefficient (Wildman–Crippen LogP) is 2.61. The molecule has 2 aliphatic rings. The summed E-state index contributed by atoms with van der Waals surface area (Å²) < 4.78 is 5.04. The zero-order valence-electron chi connectivity index (χ0n) is 14.7. The standard InChI is InChI=1S/C18H27N3O3/c1-18(2,3)20-16(22)14-10-12-6-4-5-7-13(12)11-21(14)17(23)15-8-9-19-24-15/h8-9,12-14H,4-7,10-11H2,1-3H3,(H,20,22)/t12-,13+,14+/m0/s1. The molecule has 0 bridgehead atoms. The van der Waals surface area contributed by atoms with Crippen LogP contribution in [0.2, 0.25) is 0 Å². The Labute approximate surface area is 142 Å². The minimum Gasteiger partial charge on any atom is -0.351 e.